The Morgan fingerprint density at radius 1 is 0.833 bits per heavy atom. The van der Waals surface area contributed by atoms with Crippen LogP contribution in [0, 0.1) is 6.92 Å². The number of esters is 1. The van der Waals surface area contributed by atoms with Gasteiger partial charge in [0.1, 0.15) is 5.75 Å². The van der Waals surface area contributed by atoms with Gasteiger partial charge in [-0.3, -0.25) is 4.79 Å². The lowest BCUT2D eigenvalue weighted by Gasteiger charge is -2.11. The van der Waals surface area contributed by atoms with Gasteiger partial charge in [-0.2, -0.15) is 5.10 Å². The number of rotatable bonds is 14. The van der Waals surface area contributed by atoms with Crippen LogP contribution in [-0.4, -0.2) is 18.1 Å². The number of hydrogen-bond acceptors (Lipinski definition) is 4. The first-order chi connectivity index (χ1) is 17.6. The lowest BCUT2D eigenvalue weighted by Crippen LogP contribution is -2.17. The fraction of sp³-hybridized carbons (Fsp3) is 0.387. The van der Waals surface area contributed by atoms with Crippen LogP contribution in [0.15, 0.2) is 65.8 Å². The standard InChI is InChI=1S/C31H38N2O3/c1-3-4-5-6-7-8-9-10-11-16-30(34)33-32-23-28-27-15-13-12-14-25(27)21-22-29(28)36-31(35)26-19-17-24(2)18-20-26/h12-15,17-23H,3-11,16H2,1-2H3,(H,33,34). The zero-order chi connectivity index (χ0) is 25.6. The average molecular weight is 487 g/mol. The Bertz CT molecular complexity index is 1150. The van der Waals surface area contributed by atoms with Crippen molar-refractivity contribution >= 4 is 28.9 Å². The molecule has 1 N–H and O–H groups in total. The Hall–Kier alpha value is -3.47. The zero-order valence-electron chi connectivity index (χ0n) is 21.6. The first-order valence-corrected chi connectivity index (χ1v) is 13.2. The van der Waals surface area contributed by atoms with Gasteiger partial charge in [-0.1, -0.05) is 106 Å². The summed E-state index contributed by atoms with van der Waals surface area (Å²) in [7, 11) is 0. The fourth-order valence-corrected chi connectivity index (χ4v) is 4.17. The topological polar surface area (TPSA) is 67.8 Å². The molecule has 5 nitrogen and oxygen atoms in total. The number of unbranched alkanes of at least 4 members (excludes halogenated alkanes) is 8. The summed E-state index contributed by atoms with van der Waals surface area (Å²) in [5, 5.41) is 6.07. The van der Waals surface area contributed by atoms with Crippen LogP contribution in [0.5, 0.6) is 5.75 Å². The highest BCUT2D eigenvalue weighted by Gasteiger charge is 2.13. The van der Waals surface area contributed by atoms with Crippen molar-refractivity contribution in [2.45, 2.75) is 78.1 Å². The van der Waals surface area contributed by atoms with Crippen LogP contribution in [0.25, 0.3) is 10.8 Å². The molecule has 0 saturated carbocycles. The smallest absolute Gasteiger partial charge is 0.343 e. The number of hydrazone groups is 1. The molecule has 0 aliphatic heterocycles. The molecule has 3 rings (SSSR count). The summed E-state index contributed by atoms with van der Waals surface area (Å²) in [5.41, 5.74) is 4.83. The predicted molar refractivity (Wildman–Crippen MR) is 148 cm³/mol. The highest BCUT2D eigenvalue weighted by atomic mass is 16.5. The number of ether oxygens (including phenoxy) is 1. The lowest BCUT2D eigenvalue weighted by molar-refractivity contribution is -0.121. The van der Waals surface area contributed by atoms with E-state index in [-0.39, 0.29) is 5.91 Å². The number of benzene rings is 3. The number of carbonyl (C=O) groups excluding carboxylic acids is 2. The average Bonchev–Trinajstić information content (AvgIpc) is 2.89. The number of nitrogens with one attached hydrogen (secondary N) is 1. The second-order valence-electron chi connectivity index (χ2n) is 9.33. The molecule has 3 aromatic carbocycles. The molecule has 0 radical (unpaired) electrons. The first kappa shape index (κ1) is 27.1. The van der Waals surface area contributed by atoms with E-state index < -0.39 is 5.97 Å². The third-order valence-corrected chi connectivity index (χ3v) is 6.31. The van der Waals surface area contributed by atoms with E-state index in [1.807, 2.05) is 49.4 Å². The monoisotopic (exact) mass is 486 g/mol. The third-order valence-electron chi connectivity index (χ3n) is 6.31. The number of hydrogen-bond donors (Lipinski definition) is 1. The van der Waals surface area contributed by atoms with Crippen LogP contribution in [-0.2, 0) is 4.79 Å². The van der Waals surface area contributed by atoms with Gasteiger partial charge in [0.05, 0.1) is 11.8 Å². The van der Waals surface area contributed by atoms with Crippen molar-refractivity contribution in [3.8, 4) is 5.75 Å². The Morgan fingerprint density at radius 2 is 1.50 bits per heavy atom. The summed E-state index contributed by atoms with van der Waals surface area (Å²) in [6, 6.07) is 18.7. The van der Waals surface area contributed by atoms with E-state index in [0.29, 0.717) is 23.3 Å². The number of fused-ring (bicyclic) bond motifs is 1. The van der Waals surface area contributed by atoms with Gasteiger partial charge in [0.15, 0.2) is 0 Å². The minimum Gasteiger partial charge on any atom is -0.422 e. The van der Waals surface area contributed by atoms with Crippen molar-refractivity contribution < 1.29 is 14.3 Å². The SMILES string of the molecule is CCCCCCCCCCCC(=O)NN=Cc1c(OC(=O)c2ccc(C)cc2)ccc2ccccc12. The van der Waals surface area contributed by atoms with Crippen molar-refractivity contribution in [2.24, 2.45) is 5.10 Å². The summed E-state index contributed by atoms with van der Waals surface area (Å²) >= 11 is 0. The fourth-order valence-electron chi connectivity index (χ4n) is 4.17. The molecule has 190 valence electrons. The van der Waals surface area contributed by atoms with Crippen molar-refractivity contribution in [3.05, 3.63) is 77.4 Å². The van der Waals surface area contributed by atoms with Gasteiger partial charge in [0.2, 0.25) is 5.91 Å². The van der Waals surface area contributed by atoms with E-state index in [4.69, 9.17) is 4.74 Å². The van der Waals surface area contributed by atoms with E-state index in [1.165, 1.54) is 44.9 Å². The molecule has 36 heavy (non-hydrogen) atoms. The number of aryl methyl sites for hydroxylation is 1. The molecule has 0 saturated heterocycles. The quantitative estimate of drug-likeness (QED) is 0.0833. The van der Waals surface area contributed by atoms with Gasteiger partial charge in [-0.05, 0) is 42.3 Å². The van der Waals surface area contributed by atoms with E-state index in [2.05, 4.69) is 17.5 Å². The summed E-state index contributed by atoms with van der Waals surface area (Å²) in [6.07, 6.45) is 12.9. The Labute approximate surface area is 214 Å². The summed E-state index contributed by atoms with van der Waals surface area (Å²) in [5.74, 6) is -0.141. The van der Waals surface area contributed by atoms with Gasteiger partial charge in [0.25, 0.3) is 0 Å². The zero-order valence-corrected chi connectivity index (χ0v) is 21.6. The van der Waals surface area contributed by atoms with Gasteiger partial charge >= 0.3 is 5.97 Å². The lowest BCUT2D eigenvalue weighted by atomic mass is 10.0. The second kappa shape index (κ2) is 14.8. The molecular formula is C31H38N2O3. The molecule has 0 aliphatic rings. The van der Waals surface area contributed by atoms with Gasteiger partial charge in [-0.25, -0.2) is 10.2 Å². The van der Waals surface area contributed by atoms with E-state index in [9.17, 15) is 9.59 Å². The predicted octanol–water partition coefficient (Wildman–Crippen LogP) is 7.74. The molecule has 0 bridgehead atoms. The number of carbonyl (C=O) groups is 2. The van der Waals surface area contributed by atoms with Crippen molar-refractivity contribution in [1.29, 1.82) is 0 Å². The van der Waals surface area contributed by atoms with Crippen LogP contribution in [0.3, 0.4) is 0 Å². The Balaban J connectivity index is 1.56. The molecule has 5 heteroatoms. The summed E-state index contributed by atoms with van der Waals surface area (Å²) < 4.78 is 5.73. The van der Waals surface area contributed by atoms with Crippen LogP contribution in [0.4, 0.5) is 0 Å². The molecule has 0 aliphatic carbocycles. The van der Waals surface area contributed by atoms with Crippen molar-refractivity contribution in [2.75, 3.05) is 0 Å². The minimum absolute atomic E-state index is 0.104. The molecule has 0 fully saturated rings. The van der Waals surface area contributed by atoms with Crippen LogP contribution >= 0.6 is 0 Å². The minimum atomic E-state index is -0.436. The summed E-state index contributed by atoms with van der Waals surface area (Å²) in [4.78, 5) is 25.0. The number of amides is 1. The molecule has 0 heterocycles. The first-order valence-electron chi connectivity index (χ1n) is 13.2. The number of nitrogens with zero attached hydrogens (tertiary/aromatic N) is 1. The van der Waals surface area contributed by atoms with E-state index >= 15 is 0 Å². The largest absolute Gasteiger partial charge is 0.422 e. The Kier molecular flexibility index (Phi) is 11.2. The highest BCUT2D eigenvalue weighted by molar-refractivity contribution is 6.04. The molecule has 0 atom stereocenters. The van der Waals surface area contributed by atoms with Gasteiger partial charge < -0.3 is 4.74 Å². The third kappa shape index (κ3) is 8.63. The molecule has 3 aromatic rings. The highest BCUT2D eigenvalue weighted by Crippen LogP contribution is 2.27. The van der Waals surface area contributed by atoms with Crippen molar-refractivity contribution in [3.63, 3.8) is 0 Å². The summed E-state index contributed by atoms with van der Waals surface area (Å²) in [6.45, 7) is 4.20. The second-order valence-corrected chi connectivity index (χ2v) is 9.33. The van der Waals surface area contributed by atoms with Crippen LogP contribution in [0.2, 0.25) is 0 Å². The van der Waals surface area contributed by atoms with Gasteiger partial charge in [0, 0.05) is 12.0 Å². The molecular weight excluding hydrogens is 448 g/mol. The van der Waals surface area contributed by atoms with E-state index in [0.717, 1.165) is 29.2 Å². The Morgan fingerprint density at radius 3 is 2.22 bits per heavy atom. The molecule has 0 spiro atoms. The van der Waals surface area contributed by atoms with E-state index in [1.54, 1.807) is 24.4 Å². The normalized spacial score (nSPS) is 11.2. The van der Waals surface area contributed by atoms with Gasteiger partial charge in [-0.15, -0.1) is 0 Å². The molecule has 1 amide bonds. The van der Waals surface area contributed by atoms with Crippen LogP contribution in [0.1, 0.15) is 92.6 Å². The van der Waals surface area contributed by atoms with Crippen molar-refractivity contribution in [1.82, 2.24) is 5.43 Å². The maximum atomic E-state index is 12.7. The molecule has 0 aromatic heterocycles. The van der Waals surface area contributed by atoms with Crippen LogP contribution < -0.4 is 10.2 Å². The maximum absolute atomic E-state index is 12.7. The maximum Gasteiger partial charge on any atom is 0.343 e. The molecule has 0 unspecified atom stereocenters.